The molecule has 4 heteroatoms. The minimum absolute atomic E-state index is 0.106. The Bertz CT molecular complexity index is 460. The van der Waals surface area contributed by atoms with Gasteiger partial charge in [-0.05, 0) is 0 Å². The molecule has 0 aliphatic carbocycles. The number of aldehydes is 1. The van der Waals surface area contributed by atoms with Crippen LogP contribution in [0.2, 0.25) is 0 Å². The van der Waals surface area contributed by atoms with Crippen LogP contribution in [0, 0.1) is 10.1 Å². The highest BCUT2D eigenvalue weighted by Crippen LogP contribution is 2.10. The number of nitrogens with zero attached hydrogens (tertiary/aromatic N) is 1. The van der Waals surface area contributed by atoms with E-state index >= 15 is 0 Å². The Morgan fingerprint density at radius 1 is 1.64 bits per heavy atom. The molecule has 0 amide bonds. The maximum atomic E-state index is 10.5. The van der Waals surface area contributed by atoms with Crippen molar-refractivity contribution in [2.24, 2.45) is 0 Å². The summed E-state index contributed by atoms with van der Waals surface area (Å²) in [6.45, 7) is 0. The largest absolute Gasteiger partial charge is 0.298 e. The molecule has 0 bridgehead atoms. The Morgan fingerprint density at radius 3 is 2.91 bits per heavy atom. The van der Waals surface area contributed by atoms with Gasteiger partial charge in [-0.15, -0.1) is 0 Å². The summed E-state index contributed by atoms with van der Waals surface area (Å²) in [5, 5.41) is 10.5. The molecule has 11 heavy (non-hydrogen) atoms. The Balaban J connectivity index is 3.75. The second-order valence-electron chi connectivity index (χ2n) is 1.64. The van der Waals surface area contributed by atoms with Gasteiger partial charge in [-0.3, -0.25) is 14.9 Å². The smallest absolute Gasteiger partial charge is 0.270 e. The van der Waals surface area contributed by atoms with Gasteiger partial charge < -0.3 is 0 Å². The molecule has 0 radical (unpaired) electrons. The van der Waals surface area contributed by atoms with Crippen LogP contribution in [-0.4, -0.2) is 11.2 Å². The summed E-state index contributed by atoms with van der Waals surface area (Å²) in [5.74, 6) is 0. The predicted molar refractivity (Wildman–Crippen MR) is 38.5 cm³/mol. The van der Waals surface area contributed by atoms with Gasteiger partial charge in [-0.1, -0.05) is 12.1 Å². The summed E-state index contributed by atoms with van der Waals surface area (Å²) < 4.78 is 28.9. The van der Waals surface area contributed by atoms with Crippen LogP contribution in [0.15, 0.2) is 24.2 Å². The maximum absolute atomic E-state index is 10.5. The molecule has 0 aliphatic heterocycles. The lowest BCUT2D eigenvalue weighted by molar-refractivity contribution is -0.384. The van der Waals surface area contributed by atoms with Crippen molar-refractivity contribution in [2.45, 2.75) is 0 Å². The lowest BCUT2D eigenvalue weighted by Gasteiger charge is -1.90. The zero-order chi connectivity index (χ0) is 11.7. The summed E-state index contributed by atoms with van der Waals surface area (Å²) in [7, 11) is 0. The summed E-state index contributed by atoms with van der Waals surface area (Å²) >= 11 is 0. The van der Waals surface area contributed by atoms with E-state index < -0.39 is 40.3 Å². The van der Waals surface area contributed by atoms with Gasteiger partial charge in [0, 0.05) is 17.6 Å². The molecule has 0 fully saturated rings. The first-order valence-electron chi connectivity index (χ1n) is 4.61. The molecule has 4 nitrogen and oxygen atoms in total. The number of hydrogen-bond donors (Lipinski definition) is 0. The summed E-state index contributed by atoms with van der Waals surface area (Å²) in [5.41, 5.74) is -1.46. The highest BCUT2D eigenvalue weighted by atomic mass is 16.6. The molecule has 0 unspecified atom stereocenters. The Kier molecular flexibility index (Phi) is 0.958. The molecule has 1 rings (SSSR count). The van der Waals surface area contributed by atoms with E-state index in [2.05, 4.69) is 0 Å². The van der Waals surface area contributed by atoms with Crippen LogP contribution in [0.3, 0.4) is 0 Å². The molecule has 0 aromatic heterocycles. The first kappa shape index (κ1) is 3.61. The third-order valence-corrected chi connectivity index (χ3v) is 0.932. The van der Waals surface area contributed by atoms with Gasteiger partial charge in [0.1, 0.15) is 6.29 Å². The standard InChI is InChI=1S/C7H5NO3/c9-5-6-2-1-3-7(4-6)8(10)11/h1-5H/i1D,2D,3D,4D. The molecule has 0 atom stereocenters. The summed E-state index contributed by atoms with van der Waals surface area (Å²) in [6, 6.07) is -2.97. The lowest BCUT2D eigenvalue weighted by Crippen LogP contribution is -1.88. The number of carbonyl (C=O) groups excluding carboxylic acids is 1. The van der Waals surface area contributed by atoms with Crippen LogP contribution >= 0.6 is 0 Å². The number of nitro benzene ring substituents is 1. The number of rotatable bonds is 2. The number of nitro groups is 1. The van der Waals surface area contributed by atoms with Crippen molar-refractivity contribution in [2.75, 3.05) is 0 Å². The summed E-state index contributed by atoms with van der Waals surface area (Å²) in [4.78, 5) is 20.0. The minimum Gasteiger partial charge on any atom is -0.298 e. The minimum atomic E-state index is -1.00. The predicted octanol–water partition coefficient (Wildman–Crippen LogP) is 1.41. The van der Waals surface area contributed by atoms with Gasteiger partial charge in [-0.2, -0.15) is 0 Å². The van der Waals surface area contributed by atoms with Crippen LogP contribution in [-0.2, 0) is 0 Å². The SMILES string of the molecule is [2H]c1c([2H])c(C=O)c([2H])c([N+](=O)[O-])c1[2H]. The molecular weight excluding hydrogens is 146 g/mol. The van der Waals surface area contributed by atoms with Crippen molar-refractivity contribution in [3.8, 4) is 0 Å². The Labute approximate surface area is 68.2 Å². The van der Waals surface area contributed by atoms with Crippen LogP contribution < -0.4 is 0 Å². The fourth-order valence-electron chi connectivity index (χ4n) is 0.498. The molecule has 1 aromatic carbocycles. The van der Waals surface area contributed by atoms with Crippen molar-refractivity contribution in [1.29, 1.82) is 0 Å². The molecule has 0 aliphatic rings. The van der Waals surface area contributed by atoms with Crippen LogP contribution in [0.4, 0.5) is 5.69 Å². The Morgan fingerprint density at radius 2 is 2.36 bits per heavy atom. The average molecular weight is 155 g/mol. The van der Waals surface area contributed by atoms with E-state index in [1.54, 1.807) is 0 Å². The van der Waals surface area contributed by atoms with Gasteiger partial charge in [-0.25, -0.2) is 0 Å². The van der Waals surface area contributed by atoms with E-state index in [9.17, 15) is 14.9 Å². The van der Waals surface area contributed by atoms with E-state index in [-0.39, 0.29) is 6.29 Å². The average Bonchev–Trinajstić information content (AvgIpc) is 2.15. The van der Waals surface area contributed by atoms with Crippen molar-refractivity contribution in [3.63, 3.8) is 0 Å². The molecule has 1 aromatic rings. The van der Waals surface area contributed by atoms with Crippen molar-refractivity contribution in [1.82, 2.24) is 0 Å². The van der Waals surface area contributed by atoms with E-state index in [4.69, 9.17) is 5.48 Å². The molecule has 0 saturated heterocycles. The third kappa shape index (κ3) is 1.61. The van der Waals surface area contributed by atoms with Crippen molar-refractivity contribution < 1.29 is 15.2 Å². The topological polar surface area (TPSA) is 60.2 Å². The molecule has 0 spiro atoms. The van der Waals surface area contributed by atoms with Gasteiger partial charge in [0.2, 0.25) is 0 Å². The summed E-state index contributed by atoms with van der Waals surface area (Å²) in [6.07, 6.45) is 0.106. The van der Waals surface area contributed by atoms with E-state index in [1.165, 1.54) is 0 Å². The normalized spacial score (nSPS) is 14.2. The highest BCUT2D eigenvalue weighted by molar-refractivity contribution is 5.75. The van der Waals surface area contributed by atoms with Gasteiger partial charge in [0.25, 0.3) is 5.69 Å². The van der Waals surface area contributed by atoms with Crippen molar-refractivity contribution in [3.05, 3.63) is 39.8 Å². The van der Waals surface area contributed by atoms with E-state index in [1.807, 2.05) is 0 Å². The number of carbonyl (C=O) groups is 1. The van der Waals surface area contributed by atoms with Gasteiger partial charge in [0.15, 0.2) is 0 Å². The highest BCUT2D eigenvalue weighted by Gasteiger charge is 2.03. The maximum Gasteiger partial charge on any atom is 0.270 e. The zero-order valence-corrected chi connectivity index (χ0v) is 5.25. The number of hydrogen-bond acceptors (Lipinski definition) is 3. The van der Waals surface area contributed by atoms with Crippen LogP contribution in [0.1, 0.15) is 15.8 Å². The monoisotopic (exact) mass is 155 g/mol. The molecule has 0 saturated carbocycles. The van der Waals surface area contributed by atoms with E-state index in [0.717, 1.165) is 0 Å². The quantitative estimate of drug-likeness (QED) is 0.368. The molecular formula is C7H5NO3. The second-order valence-corrected chi connectivity index (χ2v) is 1.64. The lowest BCUT2D eigenvalue weighted by atomic mass is 10.2. The van der Waals surface area contributed by atoms with Crippen LogP contribution in [0.25, 0.3) is 0 Å². The van der Waals surface area contributed by atoms with Crippen molar-refractivity contribution >= 4 is 12.0 Å². The van der Waals surface area contributed by atoms with Gasteiger partial charge in [0.05, 0.1) is 10.4 Å². The Hall–Kier alpha value is -1.71. The first-order chi connectivity index (χ1) is 6.91. The number of benzene rings is 1. The van der Waals surface area contributed by atoms with Gasteiger partial charge >= 0.3 is 0 Å². The third-order valence-electron chi connectivity index (χ3n) is 0.932. The zero-order valence-electron chi connectivity index (χ0n) is 9.25. The molecule has 0 heterocycles. The fraction of sp³-hybridized carbons (Fsp3) is 0. The second kappa shape index (κ2) is 2.92. The fourth-order valence-corrected chi connectivity index (χ4v) is 0.498. The molecule has 56 valence electrons. The molecule has 0 N–H and O–H groups in total. The van der Waals surface area contributed by atoms with E-state index in [0.29, 0.717) is 0 Å². The van der Waals surface area contributed by atoms with Crippen LogP contribution in [0.5, 0.6) is 0 Å². The first-order valence-corrected chi connectivity index (χ1v) is 2.61.